The van der Waals surface area contributed by atoms with E-state index in [0.717, 1.165) is 5.56 Å². The molecule has 29 heavy (non-hydrogen) atoms. The quantitative estimate of drug-likeness (QED) is 0.657. The molecule has 0 aromatic heterocycles. The van der Waals surface area contributed by atoms with E-state index in [2.05, 4.69) is 10.6 Å². The van der Waals surface area contributed by atoms with Crippen LogP contribution in [0, 0.1) is 12.3 Å². The van der Waals surface area contributed by atoms with Crippen molar-refractivity contribution in [2.45, 2.75) is 19.5 Å². The lowest BCUT2D eigenvalue weighted by atomic mass is 10.1. The number of ether oxygens (including phenoxy) is 1. The molecule has 7 nitrogen and oxygen atoms in total. The van der Waals surface area contributed by atoms with E-state index < -0.39 is 11.9 Å². The first kappa shape index (κ1) is 20.1. The van der Waals surface area contributed by atoms with Crippen LogP contribution < -0.4 is 20.3 Å². The first-order valence-electron chi connectivity index (χ1n) is 9.30. The molecule has 0 aliphatic carbocycles. The summed E-state index contributed by atoms with van der Waals surface area (Å²) in [5.41, 5.74) is 2.69. The van der Waals surface area contributed by atoms with Crippen LogP contribution in [0.3, 0.4) is 0 Å². The van der Waals surface area contributed by atoms with Crippen LogP contribution in [0.5, 0.6) is 5.75 Å². The van der Waals surface area contributed by atoms with Gasteiger partial charge in [-0.2, -0.15) is 0 Å². The zero-order chi connectivity index (χ0) is 20.8. The summed E-state index contributed by atoms with van der Waals surface area (Å²) in [6, 6.07) is 14.3. The number of carbonyl (C=O) groups is 2. The number of para-hydroxylation sites is 2. The van der Waals surface area contributed by atoms with Crippen molar-refractivity contribution in [3.8, 4) is 5.75 Å². The van der Waals surface area contributed by atoms with Gasteiger partial charge in [0, 0.05) is 13.6 Å². The van der Waals surface area contributed by atoms with Gasteiger partial charge in [-0.1, -0.05) is 36.4 Å². The van der Waals surface area contributed by atoms with Gasteiger partial charge < -0.3 is 20.3 Å². The van der Waals surface area contributed by atoms with Gasteiger partial charge in [0.2, 0.25) is 0 Å². The maximum atomic E-state index is 12.6. The highest BCUT2D eigenvalue weighted by atomic mass is 16.5. The van der Waals surface area contributed by atoms with Gasteiger partial charge in [-0.25, -0.2) is 0 Å². The maximum Gasteiger partial charge on any atom is 0.269 e. The number of hydrogen-bond donors (Lipinski definition) is 3. The molecule has 1 aliphatic heterocycles. The van der Waals surface area contributed by atoms with Crippen LogP contribution in [0.1, 0.15) is 11.1 Å². The molecule has 2 amide bonds. The second-order valence-electron chi connectivity index (χ2n) is 6.76. The monoisotopic (exact) mass is 392 g/mol. The highest BCUT2D eigenvalue weighted by Crippen LogP contribution is 2.29. The number of fused-ring (bicyclic) bond motifs is 1. The van der Waals surface area contributed by atoms with Crippen molar-refractivity contribution in [3.63, 3.8) is 0 Å². The van der Waals surface area contributed by atoms with Gasteiger partial charge in [-0.3, -0.25) is 15.0 Å². The zero-order valence-corrected chi connectivity index (χ0v) is 16.4. The molecule has 0 radical (unpaired) electrons. The Morgan fingerprint density at radius 3 is 2.76 bits per heavy atom. The lowest BCUT2D eigenvalue weighted by molar-refractivity contribution is -0.124. The number of nitrogens with one attached hydrogen (secondary N) is 3. The molecule has 1 atom stereocenters. The number of anilines is 1. The summed E-state index contributed by atoms with van der Waals surface area (Å²) in [6.45, 7) is 2.63. The smallest absolute Gasteiger partial charge is 0.269 e. The van der Waals surface area contributed by atoms with E-state index in [1.807, 2.05) is 43.3 Å². The predicted octanol–water partition coefficient (Wildman–Crippen LogP) is 2.16. The molecule has 7 heteroatoms. The molecular formula is C22H24N4O3. The number of benzene rings is 2. The number of carbonyl (C=O) groups excluding carboxylic acids is 2. The van der Waals surface area contributed by atoms with Crippen LogP contribution in [-0.4, -0.2) is 37.2 Å². The van der Waals surface area contributed by atoms with E-state index in [4.69, 9.17) is 10.1 Å². The lowest BCUT2D eigenvalue weighted by Gasteiger charge is -2.20. The van der Waals surface area contributed by atoms with E-state index in [1.165, 1.54) is 16.5 Å². The Morgan fingerprint density at radius 2 is 1.97 bits per heavy atom. The maximum absolute atomic E-state index is 12.6. The highest BCUT2D eigenvalue weighted by Gasteiger charge is 2.30. The Hall–Kier alpha value is -3.61. The first-order chi connectivity index (χ1) is 14.0. The van der Waals surface area contributed by atoms with Crippen molar-refractivity contribution < 1.29 is 14.3 Å². The summed E-state index contributed by atoms with van der Waals surface area (Å²) in [4.78, 5) is 26.4. The van der Waals surface area contributed by atoms with Gasteiger partial charge in [0.1, 0.15) is 24.1 Å². The molecule has 0 spiro atoms. The molecule has 0 saturated carbocycles. The average Bonchev–Trinajstić information content (AvgIpc) is 2.84. The number of nitrogens with zero attached hydrogens (tertiary/aromatic N) is 1. The second-order valence-corrected chi connectivity index (χ2v) is 6.76. The minimum Gasteiger partial charge on any atom is -0.489 e. The van der Waals surface area contributed by atoms with Crippen LogP contribution in [-0.2, 0) is 16.1 Å². The fraction of sp³-hybridized carbons (Fsp3) is 0.227. The second kappa shape index (κ2) is 9.05. The topological polar surface area (TPSA) is 94.5 Å². The molecule has 0 unspecified atom stereocenters. The van der Waals surface area contributed by atoms with Crippen molar-refractivity contribution >= 4 is 23.2 Å². The number of likely N-dealkylation sites (N-methyl/N-ethyl adjacent to an activating group) is 1. The summed E-state index contributed by atoms with van der Waals surface area (Å²) in [5, 5.41) is 13.6. The first-order valence-corrected chi connectivity index (χ1v) is 9.30. The summed E-state index contributed by atoms with van der Waals surface area (Å²) < 4.78 is 5.66. The van der Waals surface area contributed by atoms with Gasteiger partial charge in [0.05, 0.1) is 5.69 Å². The van der Waals surface area contributed by atoms with Gasteiger partial charge in [0.15, 0.2) is 0 Å². The fourth-order valence-electron chi connectivity index (χ4n) is 2.99. The SMILES string of the molecule is Cc1ccccc1CN/C=C\C(=N)C(=O)N[C@H]1COc2ccccc2N(C)C1=O. The molecule has 0 bridgehead atoms. The average molecular weight is 392 g/mol. The number of aryl methyl sites for hydroxylation is 1. The molecule has 1 heterocycles. The van der Waals surface area contributed by atoms with E-state index in [-0.39, 0.29) is 18.2 Å². The molecule has 1 aliphatic rings. The summed E-state index contributed by atoms with van der Waals surface area (Å²) in [5.74, 6) is -0.353. The van der Waals surface area contributed by atoms with Gasteiger partial charge >= 0.3 is 0 Å². The van der Waals surface area contributed by atoms with Crippen LogP contribution in [0.15, 0.2) is 60.8 Å². The third kappa shape index (κ3) is 4.82. The third-order valence-corrected chi connectivity index (χ3v) is 4.73. The van der Waals surface area contributed by atoms with E-state index >= 15 is 0 Å². The van der Waals surface area contributed by atoms with Crippen molar-refractivity contribution in [3.05, 3.63) is 71.9 Å². The van der Waals surface area contributed by atoms with Crippen LogP contribution >= 0.6 is 0 Å². The van der Waals surface area contributed by atoms with Gasteiger partial charge in [-0.15, -0.1) is 0 Å². The molecule has 0 fully saturated rings. The minimum absolute atomic E-state index is 0.00839. The van der Waals surface area contributed by atoms with Crippen molar-refractivity contribution in [1.29, 1.82) is 5.41 Å². The Kier molecular flexibility index (Phi) is 6.29. The van der Waals surface area contributed by atoms with E-state index in [0.29, 0.717) is 18.0 Å². The molecule has 150 valence electrons. The van der Waals surface area contributed by atoms with Crippen LogP contribution in [0.25, 0.3) is 0 Å². The Balaban J connectivity index is 1.55. The largest absolute Gasteiger partial charge is 0.489 e. The molecule has 2 aromatic carbocycles. The van der Waals surface area contributed by atoms with Crippen molar-refractivity contribution in [2.24, 2.45) is 0 Å². The molecule has 2 aromatic rings. The zero-order valence-electron chi connectivity index (χ0n) is 16.4. The van der Waals surface area contributed by atoms with E-state index in [1.54, 1.807) is 25.4 Å². The lowest BCUT2D eigenvalue weighted by Crippen LogP contribution is -2.50. The van der Waals surface area contributed by atoms with Crippen molar-refractivity contribution in [2.75, 3.05) is 18.6 Å². The predicted molar refractivity (Wildman–Crippen MR) is 112 cm³/mol. The Morgan fingerprint density at radius 1 is 1.24 bits per heavy atom. The van der Waals surface area contributed by atoms with Gasteiger partial charge in [-0.05, 0) is 42.5 Å². The summed E-state index contributed by atoms with van der Waals surface area (Å²) >= 11 is 0. The van der Waals surface area contributed by atoms with Crippen LogP contribution in [0.4, 0.5) is 5.69 Å². The summed E-state index contributed by atoms with van der Waals surface area (Å²) in [7, 11) is 1.63. The molecule has 3 rings (SSSR count). The molecule has 3 N–H and O–H groups in total. The highest BCUT2D eigenvalue weighted by molar-refractivity contribution is 6.42. The Labute approximate surface area is 169 Å². The standard InChI is InChI=1S/C22H24N4O3/c1-15-7-3-4-8-16(15)13-24-12-11-17(23)21(27)25-18-14-29-20-10-6-5-9-19(20)26(2)22(18)28/h3-12,18,23-24H,13-14H2,1-2H3,(H,25,27)/b12-11-,23-17?/t18-/m0/s1. The number of amides is 2. The molecular weight excluding hydrogens is 368 g/mol. The van der Waals surface area contributed by atoms with Gasteiger partial charge in [0.25, 0.3) is 11.8 Å². The van der Waals surface area contributed by atoms with E-state index in [9.17, 15) is 9.59 Å². The third-order valence-electron chi connectivity index (χ3n) is 4.73. The Bertz CT molecular complexity index is 955. The fourth-order valence-corrected chi connectivity index (χ4v) is 2.99. The van der Waals surface area contributed by atoms with Crippen molar-refractivity contribution in [1.82, 2.24) is 10.6 Å². The summed E-state index contributed by atoms with van der Waals surface area (Å²) in [6.07, 6.45) is 2.93. The normalized spacial score (nSPS) is 16.0. The molecule has 0 saturated heterocycles. The minimum atomic E-state index is -0.867. The number of rotatable bonds is 6. The number of hydrogen-bond acceptors (Lipinski definition) is 5. The van der Waals surface area contributed by atoms with Crippen LogP contribution in [0.2, 0.25) is 0 Å².